The van der Waals surface area contributed by atoms with Gasteiger partial charge in [0.25, 0.3) is 5.91 Å². The zero-order valence-corrected chi connectivity index (χ0v) is 16.7. The number of rotatable bonds is 3. The van der Waals surface area contributed by atoms with E-state index in [4.69, 9.17) is 0 Å². The molecule has 0 unspecified atom stereocenters. The van der Waals surface area contributed by atoms with Crippen molar-refractivity contribution in [3.8, 4) is 0 Å². The van der Waals surface area contributed by atoms with Gasteiger partial charge in [0, 0.05) is 47.9 Å². The van der Waals surface area contributed by atoms with Gasteiger partial charge in [0.15, 0.2) is 0 Å². The quantitative estimate of drug-likeness (QED) is 0.803. The van der Waals surface area contributed by atoms with Gasteiger partial charge in [-0.1, -0.05) is 0 Å². The van der Waals surface area contributed by atoms with E-state index in [-0.39, 0.29) is 0 Å². The molecule has 138 valence electrons. The van der Waals surface area contributed by atoms with E-state index in [0.717, 1.165) is 44.6 Å². The predicted molar refractivity (Wildman–Crippen MR) is 106 cm³/mol. The lowest BCUT2D eigenvalue weighted by Crippen LogP contribution is -2.47. The highest BCUT2D eigenvalue weighted by Crippen LogP contribution is 2.34. The van der Waals surface area contributed by atoms with E-state index in [2.05, 4.69) is 25.5 Å². The van der Waals surface area contributed by atoms with E-state index in [1.165, 1.54) is 41.8 Å². The Balaban J connectivity index is 1.35. The highest BCUT2D eigenvalue weighted by Gasteiger charge is 2.38. The molecule has 0 spiro atoms. The minimum atomic E-state index is 0.301. The molecule has 0 radical (unpaired) electrons. The van der Waals surface area contributed by atoms with E-state index >= 15 is 0 Å². The third-order valence-corrected chi connectivity index (χ3v) is 7.93. The first-order valence-electron chi connectivity index (χ1n) is 9.77. The second-order valence-corrected chi connectivity index (χ2v) is 9.67. The minimum absolute atomic E-state index is 0.301. The maximum atomic E-state index is 13.4. The van der Waals surface area contributed by atoms with Crippen molar-refractivity contribution in [3.05, 3.63) is 38.0 Å². The molecule has 1 amide bonds. The average molecular weight is 388 g/mol. The SMILES string of the molecule is O=C(c1csc2c1CCCC2)N1C[C@H]2CC[C@@H]1CN(Cc1cscn1)C2. The van der Waals surface area contributed by atoms with Crippen LogP contribution in [0.4, 0.5) is 0 Å². The summed E-state index contributed by atoms with van der Waals surface area (Å²) in [6.07, 6.45) is 7.18. The molecule has 2 bridgehead atoms. The summed E-state index contributed by atoms with van der Waals surface area (Å²) >= 11 is 3.47. The number of thiazole rings is 1. The fourth-order valence-electron chi connectivity index (χ4n) is 4.93. The zero-order valence-electron chi connectivity index (χ0n) is 15.0. The normalized spacial score (nSPS) is 25.9. The number of hydrogen-bond donors (Lipinski definition) is 0. The molecule has 0 aromatic carbocycles. The number of aryl methyl sites for hydroxylation is 1. The number of aromatic nitrogens is 1. The Kier molecular flexibility index (Phi) is 4.59. The lowest BCUT2D eigenvalue weighted by atomic mass is 9.92. The van der Waals surface area contributed by atoms with Gasteiger partial charge in [-0.2, -0.15) is 0 Å². The van der Waals surface area contributed by atoms with Crippen LogP contribution < -0.4 is 0 Å². The lowest BCUT2D eigenvalue weighted by molar-refractivity contribution is 0.0584. The van der Waals surface area contributed by atoms with Crippen molar-refractivity contribution >= 4 is 28.6 Å². The monoisotopic (exact) mass is 387 g/mol. The van der Waals surface area contributed by atoms with Gasteiger partial charge in [0.2, 0.25) is 0 Å². The molecular formula is C20H25N3OS2. The topological polar surface area (TPSA) is 36.4 Å². The van der Waals surface area contributed by atoms with Gasteiger partial charge in [-0.05, 0) is 50.0 Å². The highest BCUT2D eigenvalue weighted by molar-refractivity contribution is 7.10. The number of carbonyl (C=O) groups is 1. The largest absolute Gasteiger partial charge is 0.334 e. The van der Waals surface area contributed by atoms with Crippen LogP contribution >= 0.6 is 22.7 Å². The maximum absolute atomic E-state index is 13.4. The van der Waals surface area contributed by atoms with Gasteiger partial charge in [-0.15, -0.1) is 22.7 Å². The van der Waals surface area contributed by atoms with Crippen molar-refractivity contribution in [2.45, 2.75) is 51.1 Å². The number of amides is 1. The minimum Gasteiger partial charge on any atom is -0.334 e. The third kappa shape index (κ3) is 3.12. The molecule has 0 N–H and O–H groups in total. The molecule has 5 heterocycles. The number of thiophene rings is 1. The molecule has 3 saturated heterocycles. The first kappa shape index (κ1) is 16.9. The first-order valence-corrected chi connectivity index (χ1v) is 11.6. The Morgan fingerprint density at radius 2 is 2.08 bits per heavy atom. The smallest absolute Gasteiger partial charge is 0.255 e. The van der Waals surface area contributed by atoms with Crippen LogP contribution in [0.5, 0.6) is 0 Å². The van der Waals surface area contributed by atoms with Crippen LogP contribution in [-0.2, 0) is 19.4 Å². The number of piperidine rings is 1. The lowest BCUT2D eigenvalue weighted by Gasteiger charge is -2.36. The molecule has 2 aromatic heterocycles. The van der Waals surface area contributed by atoms with Crippen LogP contribution in [0.15, 0.2) is 16.3 Å². The van der Waals surface area contributed by atoms with Gasteiger partial charge in [0.1, 0.15) is 0 Å². The molecule has 4 nitrogen and oxygen atoms in total. The first-order chi connectivity index (χ1) is 12.8. The predicted octanol–water partition coefficient (Wildman–Crippen LogP) is 3.82. The van der Waals surface area contributed by atoms with Gasteiger partial charge >= 0.3 is 0 Å². The Morgan fingerprint density at radius 1 is 1.15 bits per heavy atom. The van der Waals surface area contributed by atoms with Crippen LogP contribution in [-0.4, -0.2) is 46.4 Å². The second-order valence-electron chi connectivity index (χ2n) is 7.99. The van der Waals surface area contributed by atoms with Crippen LogP contribution in [0, 0.1) is 5.92 Å². The number of fused-ring (bicyclic) bond motifs is 5. The third-order valence-electron chi connectivity index (χ3n) is 6.21. The summed E-state index contributed by atoms with van der Waals surface area (Å²) in [6.45, 7) is 3.94. The molecule has 6 heteroatoms. The Labute approximate surface area is 162 Å². The number of nitrogens with zero attached hydrogens (tertiary/aromatic N) is 3. The summed E-state index contributed by atoms with van der Waals surface area (Å²) in [5, 5.41) is 4.29. The molecule has 1 aliphatic carbocycles. The van der Waals surface area contributed by atoms with Gasteiger partial charge in [0.05, 0.1) is 16.8 Å². The molecule has 4 aliphatic rings. The van der Waals surface area contributed by atoms with Crippen molar-refractivity contribution < 1.29 is 4.79 Å². The van der Waals surface area contributed by atoms with Gasteiger partial charge in [-0.3, -0.25) is 9.69 Å². The van der Waals surface area contributed by atoms with E-state index in [1.54, 1.807) is 11.3 Å². The molecule has 6 rings (SSSR count). The molecule has 26 heavy (non-hydrogen) atoms. The molecule has 3 fully saturated rings. The van der Waals surface area contributed by atoms with Crippen molar-refractivity contribution in [1.29, 1.82) is 0 Å². The molecular weight excluding hydrogens is 362 g/mol. The van der Waals surface area contributed by atoms with Gasteiger partial charge < -0.3 is 4.90 Å². The van der Waals surface area contributed by atoms with Crippen molar-refractivity contribution in [3.63, 3.8) is 0 Å². The standard InChI is InChI=1S/C20H25N3OS2/c24-20(18-12-26-19-4-2-1-3-17(18)19)23-8-14-5-6-16(23)10-22(7-14)9-15-11-25-13-21-15/h11-14,16H,1-10H2/t14-,16+/m0/s1. The van der Waals surface area contributed by atoms with E-state index in [9.17, 15) is 4.79 Å². The fourth-order valence-corrected chi connectivity index (χ4v) is 6.60. The Hall–Kier alpha value is -1.24. The summed E-state index contributed by atoms with van der Waals surface area (Å²) < 4.78 is 0. The van der Waals surface area contributed by atoms with Crippen LogP contribution in [0.3, 0.4) is 0 Å². The molecule has 3 aliphatic heterocycles. The van der Waals surface area contributed by atoms with Crippen LogP contribution in [0.1, 0.15) is 52.2 Å². The van der Waals surface area contributed by atoms with Crippen LogP contribution in [0.25, 0.3) is 0 Å². The summed E-state index contributed by atoms with van der Waals surface area (Å²) in [7, 11) is 0. The number of carbonyl (C=O) groups excluding carboxylic acids is 1. The van der Waals surface area contributed by atoms with Crippen LogP contribution in [0.2, 0.25) is 0 Å². The van der Waals surface area contributed by atoms with E-state index in [1.807, 2.05) is 16.8 Å². The summed E-state index contributed by atoms with van der Waals surface area (Å²) in [5.74, 6) is 0.903. The van der Waals surface area contributed by atoms with Crippen molar-refractivity contribution in [1.82, 2.24) is 14.8 Å². The molecule has 2 aromatic rings. The average Bonchev–Trinajstić information content (AvgIpc) is 3.24. The summed E-state index contributed by atoms with van der Waals surface area (Å²) in [4.78, 5) is 24.1. The Morgan fingerprint density at radius 3 is 2.96 bits per heavy atom. The molecule has 0 saturated carbocycles. The Bertz CT molecular complexity index is 785. The van der Waals surface area contributed by atoms with E-state index in [0.29, 0.717) is 17.9 Å². The van der Waals surface area contributed by atoms with Crippen molar-refractivity contribution in [2.75, 3.05) is 19.6 Å². The van der Waals surface area contributed by atoms with E-state index < -0.39 is 0 Å². The maximum Gasteiger partial charge on any atom is 0.255 e. The van der Waals surface area contributed by atoms with Gasteiger partial charge in [-0.25, -0.2) is 4.98 Å². The zero-order chi connectivity index (χ0) is 17.5. The summed E-state index contributed by atoms with van der Waals surface area (Å²) in [6, 6.07) is 0.360. The number of hydrogen-bond acceptors (Lipinski definition) is 5. The molecule has 2 atom stereocenters. The fraction of sp³-hybridized carbons (Fsp3) is 0.600. The van der Waals surface area contributed by atoms with Crippen molar-refractivity contribution in [2.24, 2.45) is 5.92 Å². The summed E-state index contributed by atoms with van der Waals surface area (Å²) in [5.41, 5.74) is 5.46. The second kappa shape index (κ2) is 7.06. The highest BCUT2D eigenvalue weighted by atomic mass is 32.1.